The van der Waals surface area contributed by atoms with Crippen molar-refractivity contribution < 1.29 is 8.42 Å². The molecule has 20 heavy (non-hydrogen) atoms. The number of fused-ring (bicyclic) bond motifs is 1. The second kappa shape index (κ2) is 6.09. The third-order valence-electron chi connectivity index (χ3n) is 3.32. The van der Waals surface area contributed by atoms with Crippen molar-refractivity contribution in [3.63, 3.8) is 0 Å². The molecule has 8 heteroatoms. The van der Waals surface area contributed by atoms with Crippen molar-refractivity contribution in [2.24, 2.45) is 0 Å². The van der Waals surface area contributed by atoms with Gasteiger partial charge in [0.05, 0.1) is 0 Å². The van der Waals surface area contributed by atoms with E-state index >= 15 is 0 Å². The van der Waals surface area contributed by atoms with Crippen molar-refractivity contribution >= 4 is 33.5 Å². The predicted octanol–water partition coefficient (Wildman–Crippen LogP) is 1.01. The number of sulfonamides is 1. The Balaban J connectivity index is 0.00000147. The Hall–Kier alpha value is -1.15. The van der Waals surface area contributed by atoms with Crippen molar-refractivity contribution in [2.45, 2.75) is 23.8 Å². The number of hydrogen-bond acceptors (Lipinski definition) is 4. The molecule has 0 aromatic carbocycles. The number of nitrogens with zero attached hydrogens (tertiary/aromatic N) is 1. The lowest BCUT2D eigenvalue weighted by molar-refractivity contribution is 0.429. The van der Waals surface area contributed by atoms with Gasteiger partial charge < -0.3 is 10.3 Å². The number of hydrogen-bond donors (Lipinski definition) is 3. The van der Waals surface area contributed by atoms with Gasteiger partial charge in [0.1, 0.15) is 10.5 Å². The molecule has 1 saturated heterocycles. The van der Waals surface area contributed by atoms with Gasteiger partial charge in [-0.3, -0.25) is 0 Å². The van der Waals surface area contributed by atoms with Crippen molar-refractivity contribution in [1.82, 2.24) is 20.0 Å². The molecule has 3 rings (SSSR count). The number of aromatic amines is 1. The summed E-state index contributed by atoms with van der Waals surface area (Å²) in [5.41, 5.74) is 0.588. The minimum Gasteiger partial charge on any atom is -0.345 e. The highest BCUT2D eigenvalue weighted by molar-refractivity contribution is 7.89. The lowest BCUT2D eigenvalue weighted by Crippen LogP contribution is -2.45. The fourth-order valence-corrected chi connectivity index (χ4v) is 3.82. The van der Waals surface area contributed by atoms with Gasteiger partial charge in [-0.15, -0.1) is 12.4 Å². The zero-order valence-corrected chi connectivity index (χ0v) is 12.4. The Morgan fingerprint density at radius 1 is 1.40 bits per heavy atom. The Morgan fingerprint density at radius 2 is 2.25 bits per heavy atom. The van der Waals surface area contributed by atoms with Crippen molar-refractivity contribution in [1.29, 1.82) is 0 Å². The summed E-state index contributed by atoms with van der Waals surface area (Å²) in [6.45, 7) is 1.63. The molecular weight excluding hydrogens is 300 g/mol. The molecule has 0 aliphatic carbocycles. The Morgan fingerprint density at radius 3 is 3.00 bits per heavy atom. The van der Waals surface area contributed by atoms with Crippen LogP contribution in [0.1, 0.15) is 12.8 Å². The van der Waals surface area contributed by atoms with Gasteiger partial charge in [0.2, 0.25) is 10.0 Å². The van der Waals surface area contributed by atoms with E-state index in [1.807, 2.05) is 0 Å². The SMILES string of the molecule is Cl.O=S(=O)(NC1CCCNC1)c1c[nH]c2ncccc12. The third-order valence-corrected chi connectivity index (χ3v) is 4.88. The minimum absolute atomic E-state index is 0. The Kier molecular flexibility index (Phi) is 4.64. The van der Waals surface area contributed by atoms with Gasteiger partial charge in [-0.25, -0.2) is 18.1 Å². The summed E-state index contributed by atoms with van der Waals surface area (Å²) in [6, 6.07) is 3.45. The van der Waals surface area contributed by atoms with Crippen molar-refractivity contribution in [3.8, 4) is 0 Å². The predicted molar refractivity (Wildman–Crippen MR) is 79.6 cm³/mol. The number of nitrogens with one attached hydrogen (secondary N) is 3. The van der Waals surface area contributed by atoms with E-state index in [2.05, 4.69) is 20.0 Å². The van der Waals surface area contributed by atoms with E-state index in [0.29, 0.717) is 17.6 Å². The molecule has 0 bridgehead atoms. The van der Waals surface area contributed by atoms with E-state index in [9.17, 15) is 8.42 Å². The zero-order chi connectivity index (χ0) is 13.3. The summed E-state index contributed by atoms with van der Waals surface area (Å²) in [4.78, 5) is 7.25. The summed E-state index contributed by atoms with van der Waals surface area (Å²) in [5.74, 6) is 0. The van der Waals surface area contributed by atoms with Crippen molar-refractivity contribution in [3.05, 3.63) is 24.5 Å². The molecule has 3 heterocycles. The molecule has 0 saturated carbocycles. The summed E-state index contributed by atoms with van der Waals surface area (Å²) in [7, 11) is -3.50. The molecule has 1 atom stereocenters. The molecule has 1 fully saturated rings. The van der Waals surface area contributed by atoms with Crippen LogP contribution in [0.15, 0.2) is 29.4 Å². The van der Waals surface area contributed by atoms with Crippen LogP contribution in [0.2, 0.25) is 0 Å². The zero-order valence-electron chi connectivity index (χ0n) is 10.8. The smallest absolute Gasteiger partial charge is 0.243 e. The van der Waals surface area contributed by atoms with E-state index in [0.717, 1.165) is 19.4 Å². The summed E-state index contributed by atoms with van der Waals surface area (Å²) >= 11 is 0. The lowest BCUT2D eigenvalue weighted by Gasteiger charge is -2.23. The van der Waals surface area contributed by atoms with Crippen LogP contribution in [0, 0.1) is 0 Å². The molecule has 2 aromatic rings. The van der Waals surface area contributed by atoms with Crippen LogP contribution in [0.3, 0.4) is 0 Å². The molecule has 0 spiro atoms. The average molecular weight is 317 g/mol. The topological polar surface area (TPSA) is 86.9 Å². The fraction of sp³-hybridized carbons (Fsp3) is 0.417. The molecule has 1 unspecified atom stereocenters. The molecule has 6 nitrogen and oxygen atoms in total. The summed E-state index contributed by atoms with van der Waals surface area (Å²) < 4.78 is 27.5. The largest absolute Gasteiger partial charge is 0.345 e. The summed E-state index contributed by atoms with van der Waals surface area (Å²) in [6.07, 6.45) is 4.99. The van der Waals surface area contributed by atoms with Crippen LogP contribution in [0.25, 0.3) is 11.0 Å². The van der Waals surface area contributed by atoms with Gasteiger partial charge in [0.25, 0.3) is 0 Å². The highest BCUT2D eigenvalue weighted by atomic mass is 35.5. The number of pyridine rings is 1. The average Bonchev–Trinajstić information content (AvgIpc) is 2.84. The molecule has 3 N–H and O–H groups in total. The second-order valence-electron chi connectivity index (χ2n) is 4.72. The number of H-pyrrole nitrogens is 1. The molecule has 0 amide bonds. The molecule has 1 aliphatic heterocycles. The van der Waals surface area contributed by atoms with Crippen LogP contribution < -0.4 is 10.0 Å². The van der Waals surface area contributed by atoms with Gasteiger partial charge in [-0.2, -0.15) is 0 Å². The third kappa shape index (κ3) is 2.95. The summed E-state index contributed by atoms with van der Waals surface area (Å²) in [5, 5.41) is 3.82. The van der Waals surface area contributed by atoms with Crippen LogP contribution in [-0.4, -0.2) is 37.5 Å². The highest BCUT2D eigenvalue weighted by Crippen LogP contribution is 2.21. The van der Waals surface area contributed by atoms with Gasteiger partial charge in [0.15, 0.2) is 0 Å². The fourth-order valence-electron chi connectivity index (χ4n) is 2.39. The molecular formula is C12H17ClN4O2S. The quantitative estimate of drug-likeness (QED) is 0.789. The Bertz CT molecular complexity index is 680. The first-order chi connectivity index (χ1) is 9.17. The van der Waals surface area contributed by atoms with Crippen LogP contribution >= 0.6 is 12.4 Å². The van der Waals surface area contributed by atoms with Gasteiger partial charge in [-0.05, 0) is 31.5 Å². The molecule has 2 aromatic heterocycles. The van der Waals surface area contributed by atoms with Gasteiger partial charge in [0, 0.05) is 30.4 Å². The normalized spacial score (nSPS) is 19.7. The van der Waals surface area contributed by atoms with Crippen LogP contribution in [0.4, 0.5) is 0 Å². The monoisotopic (exact) mass is 316 g/mol. The van der Waals surface area contributed by atoms with E-state index < -0.39 is 10.0 Å². The Labute approximate surface area is 123 Å². The van der Waals surface area contributed by atoms with E-state index in [-0.39, 0.29) is 23.3 Å². The lowest BCUT2D eigenvalue weighted by atomic mass is 10.1. The number of halogens is 1. The molecule has 0 radical (unpaired) electrons. The first-order valence-corrected chi connectivity index (χ1v) is 7.80. The van der Waals surface area contributed by atoms with Crippen LogP contribution in [-0.2, 0) is 10.0 Å². The van der Waals surface area contributed by atoms with Crippen LogP contribution in [0.5, 0.6) is 0 Å². The van der Waals surface area contributed by atoms with E-state index in [4.69, 9.17) is 0 Å². The standard InChI is InChI=1S/C12H16N4O2S.ClH/c17-19(18,16-9-3-1-5-13-7-9)11-8-15-12-10(11)4-2-6-14-12;/h2,4,6,8-9,13,16H,1,3,5,7H2,(H,14,15);1H. The van der Waals surface area contributed by atoms with Gasteiger partial charge >= 0.3 is 0 Å². The number of aromatic nitrogens is 2. The maximum Gasteiger partial charge on any atom is 0.243 e. The van der Waals surface area contributed by atoms with Gasteiger partial charge in [-0.1, -0.05) is 0 Å². The first kappa shape index (κ1) is 15.2. The maximum atomic E-state index is 12.4. The minimum atomic E-state index is -3.50. The number of piperidine rings is 1. The van der Waals surface area contributed by atoms with Crippen molar-refractivity contribution in [2.75, 3.05) is 13.1 Å². The first-order valence-electron chi connectivity index (χ1n) is 6.32. The van der Waals surface area contributed by atoms with E-state index in [1.54, 1.807) is 18.3 Å². The molecule has 1 aliphatic rings. The number of rotatable bonds is 3. The molecule has 110 valence electrons. The highest BCUT2D eigenvalue weighted by Gasteiger charge is 2.24. The van der Waals surface area contributed by atoms with E-state index in [1.165, 1.54) is 6.20 Å². The second-order valence-corrected chi connectivity index (χ2v) is 6.40. The maximum absolute atomic E-state index is 12.4.